The predicted molar refractivity (Wildman–Crippen MR) is 87.3 cm³/mol. The van der Waals surface area contributed by atoms with E-state index in [1.165, 1.54) is 5.56 Å². The molecule has 23 heavy (non-hydrogen) atoms. The zero-order chi connectivity index (χ0) is 16.2. The summed E-state index contributed by atoms with van der Waals surface area (Å²) in [5.41, 5.74) is 2.15. The van der Waals surface area contributed by atoms with E-state index < -0.39 is 0 Å². The molecule has 2 aromatic heterocycles. The number of aromatic nitrogens is 4. The summed E-state index contributed by atoms with van der Waals surface area (Å²) in [6, 6.07) is 0. The predicted octanol–water partition coefficient (Wildman–Crippen LogP) is 0.511. The summed E-state index contributed by atoms with van der Waals surface area (Å²) >= 11 is 0. The molecule has 122 valence electrons. The lowest BCUT2D eigenvalue weighted by Gasteiger charge is -2.34. The highest BCUT2D eigenvalue weighted by molar-refractivity contribution is 5.91. The minimum absolute atomic E-state index is 0.0647. The van der Waals surface area contributed by atoms with E-state index in [1.54, 1.807) is 17.0 Å². The zero-order valence-corrected chi connectivity index (χ0v) is 13.6. The summed E-state index contributed by atoms with van der Waals surface area (Å²) in [6.07, 6.45) is 11.0. The Morgan fingerprint density at radius 1 is 1.09 bits per heavy atom. The van der Waals surface area contributed by atoms with Gasteiger partial charge in [-0.1, -0.05) is 0 Å². The van der Waals surface area contributed by atoms with Crippen LogP contribution in [0.25, 0.3) is 6.08 Å². The summed E-state index contributed by atoms with van der Waals surface area (Å²) < 4.78 is 3.54. The number of hydrogen-bond donors (Lipinski definition) is 0. The normalized spacial score (nSPS) is 16.3. The summed E-state index contributed by atoms with van der Waals surface area (Å²) in [6.45, 7) is 4.19. The van der Waals surface area contributed by atoms with Gasteiger partial charge in [0.2, 0.25) is 5.91 Å². The van der Waals surface area contributed by atoms with Crippen LogP contribution in [0.4, 0.5) is 0 Å². The number of aryl methyl sites for hydroxylation is 2. The molecule has 1 amide bonds. The van der Waals surface area contributed by atoms with Crippen LogP contribution in [0.3, 0.4) is 0 Å². The number of carbonyl (C=O) groups excluding carboxylic acids is 1. The first kappa shape index (κ1) is 15.5. The van der Waals surface area contributed by atoms with Crippen LogP contribution in [-0.4, -0.2) is 61.4 Å². The van der Waals surface area contributed by atoms with Crippen LogP contribution in [0.5, 0.6) is 0 Å². The highest BCUT2D eigenvalue weighted by Gasteiger charge is 2.19. The van der Waals surface area contributed by atoms with Crippen LogP contribution in [0.15, 0.2) is 30.9 Å². The molecule has 0 spiro atoms. The molecule has 0 aliphatic carbocycles. The van der Waals surface area contributed by atoms with E-state index in [2.05, 4.69) is 15.1 Å². The van der Waals surface area contributed by atoms with Crippen molar-refractivity contribution in [3.63, 3.8) is 0 Å². The van der Waals surface area contributed by atoms with Crippen molar-refractivity contribution in [2.24, 2.45) is 14.1 Å². The molecule has 0 aromatic carbocycles. The Morgan fingerprint density at radius 2 is 1.78 bits per heavy atom. The molecular formula is C16H22N6O. The van der Waals surface area contributed by atoms with Crippen molar-refractivity contribution in [1.82, 2.24) is 29.4 Å². The highest BCUT2D eigenvalue weighted by atomic mass is 16.2. The first-order valence-corrected chi connectivity index (χ1v) is 7.76. The molecular weight excluding hydrogens is 292 g/mol. The van der Waals surface area contributed by atoms with Gasteiger partial charge in [-0.2, -0.15) is 10.2 Å². The lowest BCUT2D eigenvalue weighted by Crippen LogP contribution is -2.47. The Bertz CT molecular complexity index is 693. The van der Waals surface area contributed by atoms with Gasteiger partial charge in [-0.25, -0.2) is 0 Å². The average Bonchev–Trinajstić information content (AvgIpc) is 3.14. The lowest BCUT2D eigenvalue weighted by molar-refractivity contribution is -0.127. The molecule has 7 nitrogen and oxygen atoms in total. The SMILES string of the molecule is Cn1cc(/C=C/C(=O)N2CCN(Cc3cnn(C)c3)CC2)cn1. The summed E-state index contributed by atoms with van der Waals surface area (Å²) in [5, 5.41) is 8.28. The molecule has 1 aliphatic heterocycles. The number of amides is 1. The highest BCUT2D eigenvalue weighted by Crippen LogP contribution is 2.09. The Kier molecular flexibility index (Phi) is 4.57. The minimum atomic E-state index is 0.0647. The quantitative estimate of drug-likeness (QED) is 0.772. The molecule has 0 radical (unpaired) electrons. The van der Waals surface area contributed by atoms with E-state index in [0.717, 1.165) is 38.3 Å². The molecule has 1 fully saturated rings. The molecule has 2 aromatic rings. The number of hydrogen-bond acceptors (Lipinski definition) is 4. The third-order valence-corrected chi connectivity index (χ3v) is 3.99. The lowest BCUT2D eigenvalue weighted by atomic mass is 10.2. The fourth-order valence-corrected chi connectivity index (χ4v) is 2.74. The molecule has 0 unspecified atom stereocenters. The second-order valence-corrected chi connectivity index (χ2v) is 5.90. The molecule has 0 N–H and O–H groups in total. The molecule has 0 saturated carbocycles. The second kappa shape index (κ2) is 6.78. The van der Waals surface area contributed by atoms with Crippen molar-refractivity contribution in [2.45, 2.75) is 6.54 Å². The Hall–Kier alpha value is -2.41. The van der Waals surface area contributed by atoms with Gasteiger partial charge in [-0.15, -0.1) is 0 Å². The van der Waals surface area contributed by atoms with Crippen LogP contribution >= 0.6 is 0 Å². The number of carbonyl (C=O) groups is 1. The number of rotatable bonds is 4. The first-order chi connectivity index (χ1) is 11.1. The summed E-state index contributed by atoms with van der Waals surface area (Å²) in [4.78, 5) is 16.5. The van der Waals surface area contributed by atoms with Gasteiger partial charge < -0.3 is 4.90 Å². The largest absolute Gasteiger partial charge is 0.337 e. The van der Waals surface area contributed by atoms with Gasteiger partial charge in [0.05, 0.1) is 12.4 Å². The van der Waals surface area contributed by atoms with Crippen LogP contribution in [0.2, 0.25) is 0 Å². The smallest absolute Gasteiger partial charge is 0.246 e. The third-order valence-electron chi connectivity index (χ3n) is 3.99. The van der Waals surface area contributed by atoms with Crippen molar-refractivity contribution < 1.29 is 4.79 Å². The van der Waals surface area contributed by atoms with Crippen molar-refractivity contribution in [3.05, 3.63) is 42.0 Å². The monoisotopic (exact) mass is 314 g/mol. The molecule has 7 heteroatoms. The minimum Gasteiger partial charge on any atom is -0.337 e. The maximum absolute atomic E-state index is 12.2. The van der Waals surface area contributed by atoms with Gasteiger partial charge in [0, 0.05) is 76.4 Å². The van der Waals surface area contributed by atoms with Crippen LogP contribution in [0.1, 0.15) is 11.1 Å². The maximum Gasteiger partial charge on any atom is 0.246 e. The van der Waals surface area contributed by atoms with Gasteiger partial charge in [0.25, 0.3) is 0 Å². The van der Waals surface area contributed by atoms with Gasteiger partial charge in [-0.05, 0) is 6.08 Å². The fourth-order valence-electron chi connectivity index (χ4n) is 2.74. The van der Waals surface area contributed by atoms with Crippen LogP contribution in [0, 0.1) is 0 Å². The van der Waals surface area contributed by atoms with Gasteiger partial charge in [-0.3, -0.25) is 19.1 Å². The fraction of sp³-hybridized carbons (Fsp3) is 0.438. The van der Waals surface area contributed by atoms with Gasteiger partial charge >= 0.3 is 0 Å². The van der Waals surface area contributed by atoms with Gasteiger partial charge in [0.1, 0.15) is 0 Å². The van der Waals surface area contributed by atoms with E-state index in [9.17, 15) is 4.79 Å². The van der Waals surface area contributed by atoms with Crippen molar-refractivity contribution in [3.8, 4) is 0 Å². The molecule has 0 bridgehead atoms. The molecule has 3 rings (SSSR count). The number of piperazine rings is 1. The Balaban J connectivity index is 1.48. The van der Waals surface area contributed by atoms with Crippen molar-refractivity contribution in [2.75, 3.05) is 26.2 Å². The Morgan fingerprint density at radius 3 is 2.39 bits per heavy atom. The zero-order valence-electron chi connectivity index (χ0n) is 13.6. The summed E-state index contributed by atoms with van der Waals surface area (Å²) in [7, 11) is 3.79. The maximum atomic E-state index is 12.2. The van der Waals surface area contributed by atoms with E-state index in [-0.39, 0.29) is 5.91 Å². The third kappa shape index (κ3) is 4.07. The van der Waals surface area contributed by atoms with Crippen LogP contribution in [-0.2, 0) is 25.4 Å². The van der Waals surface area contributed by atoms with E-state index in [0.29, 0.717) is 0 Å². The molecule has 1 aliphatic rings. The average molecular weight is 314 g/mol. The topological polar surface area (TPSA) is 59.2 Å². The van der Waals surface area contributed by atoms with Crippen LogP contribution < -0.4 is 0 Å². The molecule has 0 atom stereocenters. The van der Waals surface area contributed by atoms with E-state index in [1.807, 2.05) is 48.3 Å². The second-order valence-electron chi connectivity index (χ2n) is 5.90. The van der Waals surface area contributed by atoms with Gasteiger partial charge in [0.15, 0.2) is 0 Å². The van der Waals surface area contributed by atoms with Crippen molar-refractivity contribution in [1.29, 1.82) is 0 Å². The standard InChI is InChI=1S/C16H22N6O/c1-19-11-14(9-17-19)3-4-16(23)22-7-5-21(6-8-22)13-15-10-18-20(2)12-15/h3-4,9-12H,5-8,13H2,1-2H3/b4-3+. The molecule has 1 saturated heterocycles. The number of nitrogens with zero attached hydrogens (tertiary/aromatic N) is 6. The Labute approximate surface area is 135 Å². The van der Waals surface area contributed by atoms with Crippen molar-refractivity contribution >= 4 is 12.0 Å². The summed E-state index contributed by atoms with van der Waals surface area (Å²) in [5.74, 6) is 0.0647. The van der Waals surface area contributed by atoms with E-state index in [4.69, 9.17) is 0 Å². The first-order valence-electron chi connectivity index (χ1n) is 7.76. The molecule has 3 heterocycles. The van der Waals surface area contributed by atoms with E-state index >= 15 is 0 Å².